The molecule has 2 fully saturated rings. The third-order valence-corrected chi connectivity index (χ3v) is 8.04. The Morgan fingerprint density at radius 3 is 2.65 bits per heavy atom. The van der Waals surface area contributed by atoms with Gasteiger partial charge in [-0.3, -0.25) is 4.79 Å². The van der Waals surface area contributed by atoms with E-state index in [-0.39, 0.29) is 11.9 Å². The predicted octanol–water partition coefficient (Wildman–Crippen LogP) is 4.78. The van der Waals surface area contributed by atoms with Crippen molar-refractivity contribution in [2.24, 2.45) is 5.92 Å². The lowest BCUT2D eigenvalue weighted by molar-refractivity contribution is 0.102. The molecule has 37 heavy (non-hydrogen) atoms. The zero-order chi connectivity index (χ0) is 25.6. The molecule has 3 amide bonds. The number of fused-ring (bicyclic) bond motifs is 2. The summed E-state index contributed by atoms with van der Waals surface area (Å²) in [7, 11) is 0. The highest BCUT2D eigenvalue weighted by molar-refractivity contribution is 6.16. The number of piperidine rings is 2. The van der Waals surface area contributed by atoms with Gasteiger partial charge in [-0.15, -0.1) is 0 Å². The molecule has 4 heterocycles. The first kappa shape index (κ1) is 25.7. The highest BCUT2D eigenvalue weighted by Gasteiger charge is 2.30. The number of carbonyl (C=O) groups is 2. The van der Waals surface area contributed by atoms with Gasteiger partial charge in [-0.1, -0.05) is 12.5 Å². The van der Waals surface area contributed by atoms with E-state index in [1.165, 1.54) is 69.5 Å². The molecule has 0 atom stereocenters. The standard InChI is InChI=1S/C29H40N6O2/c1-22-9-10-24-26(21-22)35(27-25(32-28(24)36)8-5-13-30-27)29(37)31-14-20-34-18-11-23(12-19-34)7-6-17-33-15-3-2-4-16-33/h5,8-10,13,21,23H,2-4,6-7,11-12,14-20H2,1H3,(H,31,37)(H,32,36). The van der Waals surface area contributed by atoms with Gasteiger partial charge >= 0.3 is 6.03 Å². The minimum Gasteiger partial charge on any atom is -0.336 e. The maximum atomic E-state index is 13.5. The van der Waals surface area contributed by atoms with Crippen LogP contribution in [-0.4, -0.2) is 72.5 Å². The van der Waals surface area contributed by atoms with Crippen molar-refractivity contribution < 1.29 is 9.59 Å². The highest BCUT2D eigenvalue weighted by Crippen LogP contribution is 2.36. The van der Waals surface area contributed by atoms with Gasteiger partial charge in [-0.2, -0.15) is 0 Å². The zero-order valence-electron chi connectivity index (χ0n) is 22.0. The smallest absolute Gasteiger partial charge is 0.327 e. The summed E-state index contributed by atoms with van der Waals surface area (Å²) in [6.07, 6.45) is 11.0. The zero-order valence-corrected chi connectivity index (χ0v) is 22.0. The lowest BCUT2D eigenvalue weighted by atomic mass is 9.92. The van der Waals surface area contributed by atoms with Gasteiger partial charge in [0.05, 0.1) is 16.9 Å². The van der Waals surface area contributed by atoms with Crippen LogP contribution in [0.1, 0.15) is 60.9 Å². The number of nitrogens with one attached hydrogen (secondary N) is 2. The Hall–Kier alpha value is -2.97. The van der Waals surface area contributed by atoms with Gasteiger partial charge < -0.3 is 20.4 Å². The van der Waals surface area contributed by atoms with E-state index < -0.39 is 0 Å². The van der Waals surface area contributed by atoms with Gasteiger partial charge in [0.25, 0.3) is 5.91 Å². The number of urea groups is 1. The largest absolute Gasteiger partial charge is 0.336 e. The third-order valence-electron chi connectivity index (χ3n) is 8.04. The van der Waals surface area contributed by atoms with Gasteiger partial charge in [-0.05, 0) is 114 Å². The topological polar surface area (TPSA) is 80.8 Å². The van der Waals surface area contributed by atoms with Crippen LogP contribution in [0.4, 0.5) is 22.0 Å². The van der Waals surface area contributed by atoms with E-state index in [2.05, 4.69) is 25.4 Å². The first-order valence-corrected chi connectivity index (χ1v) is 14.0. The molecule has 0 radical (unpaired) electrons. The Labute approximate surface area is 220 Å². The molecule has 0 bridgehead atoms. The molecule has 0 unspecified atom stereocenters. The van der Waals surface area contributed by atoms with Crippen LogP contribution in [0.25, 0.3) is 0 Å². The van der Waals surface area contributed by atoms with E-state index >= 15 is 0 Å². The van der Waals surface area contributed by atoms with E-state index in [0.717, 1.165) is 31.1 Å². The molecular weight excluding hydrogens is 464 g/mol. The molecule has 0 aliphatic carbocycles. The number of anilines is 3. The molecule has 3 aliphatic rings. The van der Waals surface area contributed by atoms with Crippen LogP contribution < -0.4 is 15.5 Å². The maximum absolute atomic E-state index is 13.5. The van der Waals surface area contributed by atoms with Gasteiger partial charge in [-0.25, -0.2) is 14.7 Å². The quantitative estimate of drug-likeness (QED) is 0.567. The minimum atomic E-state index is -0.268. The molecule has 8 heteroatoms. The van der Waals surface area contributed by atoms with E-state index in [9.17, 15) is 9.59 Å². The number of hydrogen-bond donors (Lipinski definition) is 2. The van der Waals surface area contributed by atoms with Crippen molar-refractivity contribution in [1.29, 1.82) is 0 Å². The third kappa shape index (κ3) is 6.30. The lowest BCUT2D eigenvalue weighted by Gasteiger charge is -2.33. The van der Waals surface area contributed by atoms with Crippen LogP contribution in [0.3, 0.4) is 0 Å². The summed E-state index contributed by atoms with van der Waals surface area (Å²) >= 11 is 0. The van der Waals surface area contributed by atoms with Crippen LogP contribution in [-0.2, 0) is 0 Å². The molecule has 2 saturated heterocycles. The highest BCUT2D eigenvalue weighted by atomic mass is 16.2. The summed E-state index contributed by atoms with van der Waals surface area (Å²) in [5, 5.41) is 5.98. The summed E-state index contributed by atoms with van der Waals surface area (Å²) in [5.74, 6) is 1.03. The Balaban J connectivity index is 1.12. The summed E-state index contributed by atoms with van der Waals surface area (Å²) in [6.45, 7) is 9.38. The maximum Gasteiger partial charge on any atom is 0.327 e. The molecular formula is C29H40N6O2. The van der Waals surface area contributed by atoms with Gasteiger partial charge in [0, 0.05) is 19.3 Å². The average molecular weight is 505 g/mol. The predicted molar refractivity (Wildman–Crippen MR) is 148 cm³/mol. The molecule has 5 rings (SSSR count). The van der Waals surface area contributed by atoms with Gasteiger partial charge in [0.2, 0.25) is 0 Å². The van der Waals surface area contributed by atoms with Crippen molar-refractivity contribution in [2.45, 2.75) is 51.9 Å². The fourth-order valence-electron chi connectivity index (χ4n) is 5.89. The number of nitrogens with zero attached hydrogens (tertiary/aromatic N) is 4. The first-order valence-electron chi connectivity index (χ1n) is 14.0. The van der Waals surface area contributed by atoms with Gasteiger partial charge in [0.1, 0.15) is 0 Å². The number of hydrogen-bond acceptors (Lipinski definition) is 5. The Morgan fingerprint density at radius 2 is 1.84 bits per heavy atom. The SMILES string of the molecule is Cc1ccc2c(c1)N(C(=O)NCCN1CCC(CCCN3CCCCC3)CC1)c1ncccc1NC2=O. The number of likely N-dealkylation sites (tertiary alicyclic amines) is 2. The van der Waals surface area contributed by atoms with Crippen LogP contribution >= 0.6 is 0 Å². The average Bonchev–Trinajstić information content (AvgIpc) is 3.03. The van der Waals surface area contributed by atoms with E-state index in [0.29, 0.717) is 29.3 Å². The molecule has 2 N–H and O–H groups in total. The summed E-state index contributed by atoms with van der Waals surface area (Å²) in [5.41, 5.74) is 2.51. The summed E-state index contributed by atoms with van der Waals surface area (Å²) in [4.78, 5) is 37.4. The van der Waals surface area contributed by atoms with Crippen molar-refractivity contribution in [3.05, 3.63) is 47.7 Å². The van der Waals surface area contributed by atoms with Crippen LogP contribution in [0.15, 0.2) is 36.5 Å². The van der Waals surface area contributed by atoms with Crippen LogP contribution in [0.5, 0.6) is 0 Å². The second-order valence-corrected chi connectivity index (χ2v) is 10.7. The van der Waals surface area contributed by atoms with Crippen LogP contribution in [0.2, 0.25) is 0 Å². The summed E-state index contributed by atoms with van der Waals surface area (Å²) < 4.78 is 0. The molecule has 1 aromatic heterocycles. The number of amides is 3. The second kappa shape index (κ2) is 12.0. The molecule has 0 spiro atoms. The number of aryl methyl sites for hydroxylation is 1. The van der Waals surface area contributed by atoms with Gasteiger partial charge in [0.15, 0.2) is 5.82 Å². The number of rotatable bonds is 7. The van der Waals surface area contributed by atoms with E-state index in [1.807, 2.05) is 19.1 Å². The molecule has 1 aromatic carbocycles. The van der Waals surface area contributed by atoms with E-state index in [4.69, 9.17) is 0 Å². The number of aromatic nitrogens is 1. The number of benzene rings is 1. The fourth-order valence-corrected chi connectivity index (χ4v) is 5.89. The lowest BCUT2D eigenvalue weighted by Crippen LogP contribution is -2.43. The van der Waals surface area contributed by atoms with Crippen molar-refractivity contribution in [3.8, 4) is 0 Å². The molecule has 198 valence electrons. The number of carbonyl (C=O) groups excluding carboxylic acids is 2. The first-order chi connectivity index (χ1) is 18.1. The fraction of sp³-hybridized carbons (Fsp3) is 0.552. The Bertz CT molecular complexity index is 1090. The monoisotopic (exact) mass is 504 g/mol. The molecule has 2 aromatic rings. The number of pyridine rings is 1. The van der Waals surface area contributed by atoms with Crippen molar-refractivity contribution in [3.63, 3.8) is 0 Å². The summed E-state index contributed by atoms with van der Waals surface area (Å²) in [6, 6.07) is 8.78. The Morgan fingerprint density at radius 1 is 1.05 bits per heavy atom. The molecule has 3 aliphatic heterocycles. The van der Waals surface area contributed by atoms with Crippen molar-refractivity contribution >= 4 is 29.1 Å². The van der Waals surface area contributed by atoms with Crippen molar-refractivity contribution in [2.75, 3.05) is 56.0 Å². The minimum absolute atomic E-state index is 0.238. The van der Waals surface area contributed by atoms with Crippen molar-refractivity contribution in [1.82, 2.24) is 20.1 Å². The normalized spacial score (nSPS) is 19.1. The molecule has 8 nitrogen and oxygen atoms in total. The second-order valence-electron chi connectivity index (χ2n) is 10.7. The van der Waals surface area contributed by atoms with Crippen LogP contribution in [0, 0.1) is 12.8 Å². The molecule has 0 saturated carbocycles. The van der Waals surface area contributed by atoms with E-state index in [1.54, 1.807) is 24.4 Å². The Kier molecular flexibility index (Phi) is 8.36.